The molecule has 0 spiro atoms. The summed E-state index contributed by atoms with van der Waals surface area (Å²) in [6.45, 7) is 6.44. The van der Waals surface area contributed by atoms with Gasteiger partial charge in [-0.15, -0.1) is 0 Å². The highest BCUT2D eigenvalue weighted by Gasteiger charge is 2.39. The van der Waals surface area contributed by atoms with Crippen LogP contribution in [0.1, 0.15) is 71.6 Å². The first kappa shape index (κ1) is 15.8. The predicted octanol–water partition coefficient (Wildman–Crippen LogP) is 3.24. The van der Waals surface area contributed by atoms with Crippen LogP contribution in [0.25, 0.3) is 0 Å². The van der Waals surface area contributed by atoms with Gasteiger partial charge in [-0.2, -0.15) is 0 Å². The predicted molar refractivity (Wildman–Crippen MR) is 83.6 cm³/mol. The number of hydrogen-bond acceptors (Lipinski definition) is 2. The van der Waals surface area contributed by atoms with E-state index >= 15 is 0 Å². The molecule has 2 fully saturated rings. The standard InChI is InChI=1S/C17H32N2O/c1-3-10-17(11-7-12-18-13-17)16(20)19-15-9-6-4-5-8-14(15)2/h14-15,18H,3-13H2,1-2H3,(H,19,20). The van der Waals surface area contributed by atoms with E-state index in [1.54, 1.807) is 0 Å². The lowest BCUT2D eigenvalue weighted by Crippen LogP contribution is -2.53. The first-order valence-electron chi connectivity index (χ1n) is 8.69. The zero-order chi connectivity index (χ0) is 14.4. The van der Waals surface area contributed by atoms with Crippen molar-refractivity contribution in [3.63, 3.8) is 0 Å². The minimum absolute atomic E-state index is 0.140. The Morgan fingerprint density at radius 3 is 2.75 bits per heavy atom. The van der Waals surface area contributed by atoms with Crippen LogP contribution < -0.4 is 10.6 Å². The Morgan fingerprint density at radius 1 is 1.25 bits per heavy atom. The Bertz CT molecular complexity index is 305. The summed E-state index contributed by atoms with van der Waals surface area (Å²) in [7, 11) is 0. The van der Waals surface area contributed by atoms with Crippen LogP contribution in [0.2, 0.25) is 0 Å². The molecule has 1 heterocycles. The van der Waals surface area contributed by atoms with Crippen LogP contribution in [0.5, 0.6) is 0 Å². The summed E-state index contributed by atoms with van der Waals surface area (Å²) in [4.78, 5) is 12.9. The Kier molecular flexibility index (Phi) is 5.88. The Hall–Kier alpha value is -0.570. The van der Waals surface area contributed by atoms with E-state index in [1.807, 2.05) is 0 Å². The molecule has 0 aromatic carbocycles. The molecule has 1 aliphatic carbocycles. The molecule has 1 saturated heterocycles. The number of nitrogens with one attached hydrogen (secondary N) is 2. The summed E-state index contributed by atoms with van der Waals surface area (Å²) in [6, 6.07) is 0.403. The van der Waals surface area contributed by atoms with Crippen LogP contribution in [-0.4, -0.2) is 25.0 Å². The highest BCUT2D eigenvalue weighted by molar-refractivity contribution is 5.83. The van der Waals surface area contributed by atoms with E-state index in [0.717, 1.165) is 38.8 Å². The third kappa shape index (κ3) is 3.75. The lowest BCUT2D eigenvalue weighted by molar-refractivity contribution is -0.133. The molecule has 0 radical (unpaired) electrons. The summed E-state index contributed by atoms with van der Waals surface area (Å²) in [6.07, 6.45) is 10.7. The average molecular weight is 280 g/mol. The maximum absolute atomic E-state index is 12.9. The molecule has 2 N–H and O–H groups in total. The van der Waals surface area contributed by atoms with Crippen LogP contribution in [0.3, 0.4) is 0 Å². The molecule has 3 unspecified atom stereocenters. The zero-order valence-corrected chi connectivity index (χ0v) is 13.3. The van der Waals surface area contributed by atoms with Crippen LogP contribution in [-0.2, 0) is 4.79 Å². The van der Waals surface area contributed by atoms with Crippen molar-refractivity contribution in [2.24, 2.45) is 11.3 Å². The van der Waals surface area contributed by atoms with E-state index in [4.69, 9.17) is 0 Å². The van der Waals surface area contributed by atoms with Gasteiger partial charge < -0.3 is 10.6 Å². The van der Waals surface area contributed by atoms with E-state index in [9.17, 15) is 4.79 Å². The van der Waals surface area contributed by atoms with Crippen molar-refractivity contribution >= 4 is 5.91 Å². The van der Waals surface area contributed by atoms with Gasteiger partial charge in [0.1, 0.15) is 0 Å². The number of amides is 1. The van der Waals surface area contributed by atoms with Gasteiger partial charge in [-0.05, 0) is 44.6 Å². The SMILES string of the molecule is CCCC1(C(=O)NC2CCCCCC2C)CCCNC1. The topological polar surface area (TPSA) is 41.1 Å². The second-order valence-corrected chi connectivity index (χ2v) is 7.01. The molecule has 20 heavy (non-hydrogen) atoms. The first-order chi connectivity index (χ1) is 9.68. The van der Waals surface area contributed by atoms with Crippen molar-refractivity contribution in [1.82, 2.24) is 10.6 Å². The summed E-state index contributed by atoms with van der Waals surface area (Å²) in [5.41, 5.74) is -0.140. The second kappa shape index (κ2) is 7.44. The molecule has 116 valence electrons. The number of hydrogen-bond donors (Lipinski definition) is 2. The fourth-order valence-corrected chi connectivity index (χ4v) is 4.00. The van der Waals surface area contributed by atoms with Crippen molar-refractivity contribution in [3.8, 4) is 0 Å². The van der Waals surface area contributed by atoms with Gasteiger partial charge >= 0.3 is 0 Å². The van der Waals surface area contributed by atoms with Gasteiger partial charge in [0.05, 0.1) is 5.41 Å². The van der Waals surface area contributed by atoms with E-state index < -0.39 is 0 Å². The van der Waals surface area contributed by atoms with Crippen LogP contribution in [0.15, 0.2) is 0 Å². The number of rotatable bonds is 4. The van der Waals surface area contributed by atoms with Gasteiger partial charge in [0, 0.05) is 12.6 Å². The van der Waals surface area contributed by atoms with Gasteiger partial charge in [0.2, 0.25) is 5.91 Å². The molecular formula is C17H32N2O. The van der Waals surface area contributed by atoms with E-state index in [2.05, 4.69) is 24.5 Å². The minimum atomic E-state index is -0.140. The fraction of sp³-hybridized carbons (Fsp3) is 0.941. The molecule has 0 bridgehead atoms. The first-order valence-corrected chi connectivity index (χ1v) is 8.69. The molecular weight excluding hydrogens is 248 g/mol. The van der Waals surface area contributed by atoms with E-state index in [1.165, 1.54) is 32.1 Å². The number of carbonyl (C=O) groups excluding carboxylic acids is 1. The summed E-state index contributed by atoms with van der Waals surface area (Å²) >= 11 is 0. The van der Waals surface area contributed by atoms with Gasteiger partial charge in [-0.1, -0.05) is 39.5 Å². The fourth-order valence-electron chi connectivity index (χ4n) is 4.00. The lowest BCUT2D eigenvalue weighted by atomic mass is 9.75. The summed E-state index contributed by atoms with van der Waals surface area (Å²) in [5, 5.41) is 6.87. The average Bonchev–Trinajstić information content (AvgIpc) is 2.65. The molecule has 3 atom stereocenters. The normalized spacial score (nSPS) is 35.3. The molecule has 1 saturated carbocycles. The van der Waals surface area contributed by atoms with Crippen molar-refractivity contribution in [1.29, 1.82) is 0 Å². The van der Waals surface area contributed by atoms with Crippen molar-refractivity contribution < 1.29 is 4.79 Å². The molecule has 3 heteroatoms. The quantitative estimate of drug-likeness (QED) is 0.776. The van der Waals surface area contributed by atoms with Gasteiger partial charge in [0.15, 0.2) is 0 Å². The molecule has 1 amide bonds. The van der Waals surface area contributed by atoms with Crippen LogP contribution in [0.4, 0.5) is 0 Å². The smallest absolute Gasteiger partial charge is 0.227 e. The van der Waals surface area contributed by atoms with Gasteiger partial charge in [-0.25, -0.2) is 0 Å². The monoisotopic (exact) mass is 280 g/mol. The highest BCUT2D eigenvalue weighted by atomic mass is 16.2. The molecule has 2 rings (SSSR count). The maximum atomic E-state index is 12.9. The lowest BCUT2D eigenvalue weighted by Gasteiger charge is -2.38. The Balaban J connectivity index is 1.99. The number of piperidine rings is 1. The third-order valence-corrected chi connectivity index (χ3v) is 5.36. The second-order valence-electron chi connectivity index (χ2n) is 7.01. The van der Waals surface area contributed by atoms with Crippen molar-refractivity contribution in [2.45, 2.75) is 77.7 Å². The van der Waals surface area contributed by atoms with Crippen molar-refractivity contribution in [3.05, 3.63) is 0 Å². The Morgan fingerprint density at radius 2 is 2.05 bits per heavy atom. The zero-order valence-electron chi connectivity index (χ0n) is 13.3. The summed E-state index contributed by atoms with van der Waals surface area (Å²) < 4.78 is 0. The van der Waals surface area contributed by atoms with Crippen LogP contribution in [0, 0.1) is 11.3 Å². The van der Waals surface area contributed by atoms with E-state index in [0.29, 0.717) is 17.9 Å². The summed E-state index contributed by atoms with van der Waals surface area (Å²) in [5.74, 6) is 0.960. The third-order valence-electron chi connectivity index (χ3n) is 5.36. The highest BCUT2D eigenvalue weighted by Crippen LogP contribution is 2.33. The van der Waals surface area contributed by atoms with Gasteiger partial charge in [-0.3, -0.25) is 4.79 Å². The van der Waals surface area contributed by atoms with Crippen molar-refractivity contribution in [2.75, 3.05) is 13.1 Å². The minimum Gasteiger partial charge on any atom is -0.353 e. The number of carbonyl (C=O) groups is 1. The largest absolute Gasteiger partial charge is 0.353 e. The molecule has 2 aliphatic rings. The molecule has 3 nitrogen and oxygen atoms in total. The van der Waals surface area contributed by atoms with E-state index in [-0.39, 0.29) is 5.41 Å². The van der Waals surface area contributed by atoms with Gasteiger partial charge in [0.25, 0.3) is 0 Å². The molecule has 0 aromatic heterocycles. The molecule has 1 aliphatic heterocycles. The maximum Gasteiger partial charge on any atom is 0.227 e. The Labute approximate surface area is 124 Å². The molecule has 0 aromatic rings. The van der Waals surface area contributed by atoms with Crippen LogP contribution >= 0.6 is 0 Å².